The molecule has 0 spiro atoms. The van der Waals surface area contributed by atoms with Crippen LogP contribution in [0.4, 0.5) is 0 Å². The van der Waals surface area contributed by atoms with Crippen LogP contribution in [0.5, 0.6) is 11.5 Å². The summed E-state index contributed by atoms with van der Waals surface area (Å²) in [5.74, 6) is 1.49. The Morgan fingerprint density at radius 1 is 1.24 bits per heavy atom. The third-order valence-corrected chi connectivity index (χ3v) is 2.99. The summed E-state index contributed by atoms with van der Waals surface area (Å²) in [6.45, 7) is 0. The Kier molecular flexibility index (Phi) is 3.68. The highest BCUT2D eigenvalue weighted by Crippen LogP contribution is 2.27. The minimum Gasteiger partial charge on any atom is -0.497 e. The number of halogens is 1. The summed E-state index contributed by atoms with van der Waals surface area (Å²) in [6.07, 6.45) is 1.90. The lowest BCUT2D eigenvalue weighted by molar-refractivity contribution is 0.392. The largest absolute Gasteiger partial charge is 0.497 e. The van der Waals surface area contributed by atoms with Gasteiger partial charge in [0, 0.05) is 17.6 Å². The molecule has 4 nitrogen and oxygen atoms in total. The van der Waals surface area contributed by atoms with Crippen LogP contribution in [0.2, 0.25) is 0 Å². The van der Waals surface area contributed by atoms with Crippen LogP contribution in [-0.4, -0.2) is 24.0 Å². The number of ether oxygens (including phenoxy) is 2. The van der Waals surface area contributed by atoms with Crippen molar-refractivity contribution in [3.8, 4) is 17.2 Å². The number of benzene rings is 1. The fourth-order valence-corrected chi connectivity index (χ4v) is 1.84. The van der Waals surface area contributed by atoms with Crippen LogP contribution < -0.4 is 9.47 Å². The smallest absolute Gasteiger partial charge is 0.148 e. The molecule has 90 valence electrons. The van der Waals surface area contributed by atoms with E-state index in [4.69, 9.17) is 9.47 Å². The SMILES string of the molecule is COc1ccc(-n2ccc(CBr)n2)c(OC)c1. The van der Waals surface area contributed by atoms with Crippen molar-refractivity contribution in [1.82, 2.24) is 9.78 Å². The Balaban J connectivity index is 2.43. The van der Waals surface area contributed by atoms with Gasteiger partial charge in [-0.2, -0.15) is 5.10 Å². The molecule has 0 radical (unpaired) electrons. The zero-order chi connectivity index (χ0) is 12.3. The molecular weight excluding hydrogens is 284 g/mol. The molecular formula is C12H13BrN2O2. The van der Waals surface area contributed by atoms with E-state index >= 15 is 0 Å². The van der Waals surface area contributed by atoms with Crippen molar-refractivity contribution < 1.29 is 9.47 Å². The van der Waals surface area contributed by atoms with Crippen molar-refractivity contribution in [3.05, 3.63) is 36.2 Å². The second-order valence-corrected chi connectivity index (χ2v) is 3.98. The monoisotopic (exact) mass is 296 g/mol. The molecule has 17 heavy (non-hydrogen) atoms. The average molecular weight is 297 g/mol. The van der Waals surface area contributed by atoms with Gasteiger partial charge in [-0.15, -0.1) is 0 Å². The van der Waals surface area contributed by atoms with Crippen LogP contribution in [0, 0.1) is 0 Å². The van der Waals surface area contributed by atoms with Crippen LogP contribution in [0.25, 0.3) is 5.69 Å². The third-order valence-electron chi connectivity index (χ3n) is 2.41. The van der Waals surface area contributed by atoms with Gasteiger partial charge in [-0.05, 0) is 18.2 Å². The first-order valence-corrected chi connectivity index (χ1v) is 6.23. The molecule has 1 heterocycles. The molecule has 5 heteroatoms. The summed E-state index contributed by atoms with van der Waals surface area (Å²) in [7, 11) is 3.26. The van der Waals surface area contributed by atoms with Gasteiger partial charge in [0.2, 0.25) is 0 Å². The maximum absolute atomic E-state index is 5.33. The van der Waals surface area contributed by atoms with E-state index in [1.54, 1.807) is 18.9 Å². The number of rotatable bonds is 4. The molecule has 0 N–H and O–H groups in total. The van der Waals surface area contributed by atoms with Gasteiger partial charge in [0.15, 0.2) is 0 Å². The Morgan fingerprint density at radius 2 is 2.06 bits per heavy atom. The van der Waals surface area contributed by atoms with Gasteiger partial charge in [0.25, 0.3) is 0 Å². The zero-order valence-corrected chi connectivity index (χ0v) is 11.3. The van der Waals surface area contributed by atoms with E-state index in [-0.39, 0.29) is 0 Å². The summed E-state index contributed by atoms with van der Waals surface area (Å²) < 4.78 is 12.3. The zero-order valence-electron chi connectivity index (χ0n) is 9.68. The first-order chi connectivity index (χ1) is 8.28. The number of hydrogen-bond donors (Lipinski definition) is 0. The minimum absolute atomic E-state index is 0.730. The number of hydrogen-bond acceptors (Lipinski definition) is 3. The van der Waals surface area contributed by atoms with Gasteiger partial charge >= 0.3 is 0 Å². The van der Waals surface area contributed by atoms with E-state index in [1.165, 1.54) is 0 Å². The van der Waals surface area contributed by atoms with Crippen molar-refractivity contribution in [3.63, 3.8) is 0 Å². The van der Waals surface area contributed by atoms with Gasteiger partial charge in [0.1, 0.15) is 17.2 Å². The normalized spacial score (nSPS) is 10.3. The third kappa shape index (κ3) is 2.44. The van der Waals surface area contributed by atoms with E-state index in [1.807, 2.05) is 30.5 Å². The Hall–Kier alpha value is -1.49. The van der Waals surface area contributed by atoms with Gasteiger partial charge in [0.05, 0.1) is 19.9 Å². The van der Waals surface area contributed by atoms with Gasteiger partial charge < -0.3 is 9.47 Å². The van der Waals surface area contributed by atoms with Crippen LogP contribution in [0.1, 0.15) is 5.69 Å². The Labute approximate surface area is 108 Å². The molecule has 0 fully saturated rings. The molecule has 0 aliphatic rings. The van der Waals surface area contributed by atoms with Crippen LogP contribution in [0.15, 0.2) is 30.5 Å². The van der Waals surface area contributed by atoms with Crippen molar-refractivity contribution in [1.29, 1.82) is 0 Å². The predicted octanol–water partition coefficient (Wildman–Crippen LogP) is 2.78. The first-order valence-electron chi connectivity index (χ1n) is 5.11. The second kappa shape index (κ2) is 5.23. The van der Waals surface area contributed by atoms with Gasteiger partial charge in [-0.3, -0.25) is 0 Å². The number of alkyl halides is 1. The van der Waals surface area contributed by atoms with Crippen molar-refractivity contribution in [2.45, 2.75) is 5.33 Å². The highest BCUT2D eigenvalue weighted by molar-refractivity contribution is 9.08. The van der Waals surface area contributed by atoms with Crippen LogP contribution in [0.3, 0.4) is 0 Å². The molecule has 0 bridgehead atoms. The molecule has 0 saturated carbocycles. The molecule has 0 saturated heterocycles. The van der Waals surface area contributed by atoms with E-state index in [0.717, 1.165) is 28.2 Å². The van der Waals surface area contributed by atoms with Crippen molar-refractivity contribution >= 4 is 15.9 Å². The topological polar surface area (TPSA) is 36.3 Å². The van der Waals surface area contributed by atoms with E-state index in [2.05, 4.69) is 21.0 Å². The van der Waals surface area contributed by atoms with Crippen LogP contribution in [-0.2, 0) is 5.33 Å². The van der Waals surface area contributed by atoms with E-state index in [9.17, 15) is 0 Å². The van der Waals surface area contributed by atoms with E-state index < -0.39 is 0 Å². The molecule has 1 aromatic heterocycles. The number of nitrogens with zero attached hydrogens (tertiary/aromatic N) is 2. The number of methoxy groups -OCH3 is 2. The van der Waals surface area contributed by atoms with Gasteiger partial charge in [-0.1, -0.05) is 15.9 Å². The van der Waals surface area contributed by atoms with Crippen molar-refractivity contribution in [2.75, 3.05) is 14.2 Å². The highest BCUT2D eigenvalue weighted by Gasteiger charge is 2.08. The second-order valence-electron chi connectivity index (χ2n) is 3.42. The fourth-order valence-electron chi connectivity index (χ4n) is 1.54. The summed E-state index contributed by atoms with van der Waals surface area (Å²) >= 11 is 3.37. The summed E-state index contributed by atoms with van der Waals surface area (Å²) in [4.78, 5) is 0. The number of aromatic nitrogens is 2. The van der Waals surface area contributed by atoms with E-state index in [0.29, 0.717) is 0 Å². The minimum atomic E-state index is 0.730. The van der Waals surface area contributed by atoms with Crippen LogP contribution >= 0.6 is 15.9 Å². The molecule has 0 atom stereocenters. The molecule has 2 rings (SSSR count). The van der Waals surface area contributed by atoms with Crippen molar-refractivity contribution in [2.24, 2.45) is 0 Å². The average Bonchev–Trinajstić information content (AvgIpc) is 2.86. The summed E-state index contributed by atoms with van der Waals surface area (Å²) in [5, 5.41) is 5.15. The Bertz CT molecular complexity index is 511. The fraction of sp³-hybridized carbons (Fsp3) is 0.250. The lowest BCUT2D eigenvalue weighted by Crippen LogP contribution is -1.99. The first kappa shape index (κ1) is 12.0. The molecule has 0 aliphatic carbocycles. The maximum atomic E-state index is 5.33. The lowest BCUT2D eigenvalue weighted by Gasteiger charge is -2.10. The molecule has 1 aromatic carbocycles. The molecule has 2 aromatic rings. The molecule has 0 unspecified atom stereocenters. The quantitative estimate of drug-likeness (QED) is 0.814. The predicted molar refractivity (Wildman–Crippen MR) is 69.3 cm³/mol. The lowest BCUT2D eigenvalue weighted by atomic mass is 10.3. The standard InChI is InChI=1S/C12H13BrN2O2/c1-16-10-3-4-11(12(7-10)17-2)15-6-5-9(8-13)14-15/h3-7H,8H2,1-2H3. The summed E-state index contributed by atoms with van der Waals surface area (Å²) in [5.41, 5.74) is 1.86. The van der Waals surface area contributed by atoms with Gasteiger partial charge in [-0.25, -0.2) is 4.68 Å². The highest BCUT2D eigenvalue weighted by atomic mass is 79.9. The maximum Gasteiger partial charge on any atom is 0.148 e. The molecule has 0 amide bonds. The molecule has 0 aliphatic heterocycles. The Morgan fingerprint density at radius 3 is 2.65 bits per heavy atom. The summed E-state index contributed by atoms with van der Waals surface area (Å²) in [6, 6.07) is 7.60.